The fourth-order valence-corrected chi connectivity index (χ4v) is 5.15. The molecular weight excluding hydrogens is 384 g/mol. The first kappa shape index (κ1) is 19.4. The highest BCUT2D eigenvalue weighted by atomic mass is 32.2. The Hall–Kier alpha value is -2.90. The molecule has 150 valence electrons. The Morgan fingerprint density at radius 3 is 2.55 bits per heavy atom. The third-order valence-electron chi connectivity index (χ3n) is 5.32. The Morgan fingerprint density at radius 2 is 1.76 bits per heavy atom. The van der Waals surface area contributed by atoms with Crippen LogP contribution in [0.25, 0.3) is 10.8 Å². The van der Waals surface area contributed by atoms with E-state index in [4.69, 9.17) is 11.1 Å². The van der Waals surface area contributed by atoms with Crippen molar-refractivity contribution >= 4 is 37.0 Å². The monoisotopic (exact) mass is 408 g/mol. The zero-order valence-electron chi connectivity index (χ0n) is 16.0. The molecule has 0 aliphatic carbocycles. The lowest BCUT2D eigenvalue weighted by Crippen LogP contribution is -2.35. The van der Waals surface area contributed by atoms with Gasteiger partial charge in [-0.05, 0) is 55.6 Å². The Bertz CT molecular complexity index is 1160. The first-order valence-corrected chi connectivity index (χ1v) is 11.1. The number of benzene rings is 3. The second kappa shape index (κ2) is 7.85. The van der Waals surface area contributed by atoms with Gasteiger partial charge >= 0.3 is 0 Å². The van der Waals surface area contributed by atoms with Crippen molar-refractivity contribution in [2.75, 3.05) is 24.1 Å². The molecule has 1 heterocycles. The Morgan fingerprint density at radius 1 is 1.03 bits per heavy atom. The number of sulfone groups is 1. The normalized spacial score (nSPS) is 15.3. The minimum Gasteiger partial charge on any atom is -0.398 e. The van der Waals surface area contributed by atoms with Gasteiger partial charge in [-0.2, -0.15) is 0 Å². The molecule has 1 saturated heterocycles. The third-order valence-corrected chi connectivity index (χ3v) is 7.01. The molecule has 0 aromatic heterocycles. The first-order chi connectivity index (χ1) is 14.0. The summed E-state index contributed by atoms with van der Waals surface area (Å²) in [5, 5.41) is 16.2. The van der Waals surface area contributed by atoms with Gasteiger partial charge in [-0.3, -0.25) is 5.41 Å². The summed E-state index contributed by atoms with van der Waals surface area (Å²) >= 11 is 0. The second-order valence-corrected chi connectivity index (χ2v) is 9.14. The smallest absolute Gasteiger partial charge is 0.224 e. The van der Waals surface area contributed by atoms with Crippen LogP contribution in [0.2, 0.25) is 0 Å². The Labute approximate surface area is 170 Å². The SMILES string of the molecule is N=C(c1cc(NC2CCNCC2)ccc1N)S(=O)(=O)c1cccc2ccccc12. The van der Waals surface area contributed by atoms with Crippen LogP contribution >= 0.6 is 0 Å². The summed E-state index contributed by atoms with van der Waals surface area (Å²) in [6, 6.07) is 17.8. The molecule has 6 nitrogen and oxygen atoms in total. The van der Waals surface area contributed by atoms with Gasteiger partial charge in [0, 0.05) is 28.4 Å². The largest absolute Gasteiger partial charge is 0.398 e. The molecule has 0 bridgehead atoms. The number of rotatable bonds is 4. The molecule has 29 heavy (non-hydrogen) atoms. The maximum absolute atomic E-state index is 13.3. The number of nitrogens with one attached hydrogen (secondary N) is 3. The van der Waals surface area contributed by atoms with Crippen molar-refractivity contribution in [2.24, 2.45) is 0 Å². The maximum Gasteiger partial charge on any atom is 0.224 e. The summed E-state index contributed by atoms with van der Waals surface area (Å²) in [6.07, 6.45) is 1.98. The molecule has 1 aliphatic heterocycles. The summed E-state index contributed by atoms with van der Waals surface area (Å²) in [4.78, 5) is 0.122. The second-order valence-electron chi connectivity index (χ2n) is 7.28. The summed E-state index contributed by atoms with van der Waals surface area (Å²) in [6.45, 7) is 1.90. The molecule has 0 saturated carbocycles. The average Bonchev–Trinajstić information content (AvgIpc) is 2.75. The van der Waals surface area contributed by atoms with Gasteiger partial charge < -0.3 is 16.4 Å². The van der Waals surface area contributed by atoms with Crippen LogP contribution in [0.4, 0.5) is 11.4 Å². The number of nitrogen functional groups attached to an aromatic ring is 1. The van der Waals surface area contributed by atoms with E-state index < -0.39 is 14.9 Å². The van der Waals surface area contributed by atoms with Gasteiger partial charge in [0.2, 0.25) is 9.84 Å². The van der Waals surface area contributed by atoms with Gasteiger partial charge in [-0.25, -0.2) is 8.42 Å². The molecular formula is C22H24N4O2S. The fourth-order valence-electron chi connectivity index (χ4n) is 3.73. The fraction of sp³-hybridized carbons (Fsp3) is 0.227. The summed E-state index contributed by atoms with van der Waals surface area (Å²) in [5.74, 6) is 0. The summed E-state index contributed by atoms with van der Waals surface area (Å²) in [5.41, 5.74) is 7.34. The molecule has 5 N–H and O–H groups in total. The zero-order valence-corrected chi connectivity index (χ0v) is 16.8. The standard InChI is InChI=1S/C22H24N4O2S/c23-20-9-8-17(26-16-10-12-25-13-11-16)14-19(20)22(24)29(27,28)21-7-3-5-15-4-1-2-6-18(15)21/h1-9,14,16,24-26H,10-13,23H2. The maximum atomic E-state index is 13.3. The van der Waals surface area contributed by atoms with Crippen LogP contribution in [0.3, 0.4) is 0 Å². The third kappa shape index (κ3) is 3.83. The van der Waals surface area contributed by atoms with Gasteiger partial charge in [0.25, 0.3) is 0 Å². The number of hydrogen-bond donors (Lipinski definition) is 4. The van der Waals surface area contributed by atoms with Gasteiger partial charge in [0.15, 0.2) is 5.04 Å². The minimum atomic E-state index is -4.03. The molecule has 0 spiro atoms. The zero-order chi connectivity index (χ0) is 20.4. The molecule has 3 aromatic carbocycles. The number of fused-ring (bicyclic) bond motifs is 1. The van der Waals surface area contributed by atoms with Crippen LogP contribution in [-0.4, -0.2) is 32.6 Å². The van der Waals surface area contributed by atoms with Crippen molar-refractivity contribution in [3.05, 3.63) is 66.2 Å². The predicted octanol–water partition coefficient (Wildman–Crippen LogP) is 3.39. The van der Waals surface area contributed by atoms with Crippen molar-refractivity contribution in [2.45, 2.75) is 23.8 Å². The number of anilines is 2. The summed E-state index contributed by atoms with van der Waals surface area (Å²) in [7, 11) is -4.03. The van der Waals surface area contributed by atoms with E-state index in [-0.39, 0.29) is 16.1 Å². The Kier molecular flexibility index (Phi) is 5.25. The van der Waals surface area contributed by atoms with E-state index in [2.05, 4.69) is 10.6 Å². The van der Waals surface area contributed by atoms with Gasteiger partial charge in [-0.15, -0.1) is 0 Å². The van der Waals surface area contributed by atoms with E-state index >= 15 is 0 Å². The van der Waals surface area contributed by atoms with Crippen LogP contribution < -0.4 is 16.4 Å². The van der Waals surface area contributed by atoms with Gasteiger partial charge in [0.05, 0.1) is 4.90 Å². The van der Waals surface area contributed by atoms with Crippen LogP contribution in [0.1, 0.15) is 18.4 Å². The molecule has 1 fully saturated rings. The van der Waals surface area contributed by atoms with E-state index in [0.29, 0.717) is 11.4 Å². The van der Waals surface area contributed by atoms with Crippen molar-refractivity contribution in [1.82, 2.24) is 5.32 Å². The van der Waals surface area contributed by atoms with E-state index in [0.717, 1.165) is 37.0 Å². The lowest BCUT2D eigenvalue weighted by Gasteiger charge is -2.25. The van der Waals surface area contributed by atoms with E-state index in [1.165, 1.54) is 0 Å². The lowest BCUT2D eigenvalue weighted by molar-refractivity contribution is 0.479. The first-order valence-electron chi connectivity index (χ1n) is 9.65. The highest BCUT2D eigenvalue weighted by molar-refractivity contribution is 8.07. The van der Waals surface area contributed by atoms with Crippen LogP contribution in [-0.2, 0) is 9.84 Å². The molecule has 0 amide bonds. The summed E-state index contributed by atoms with van der Waals surface area (Å²) < 4.78 is 26.6. The lowest BCUT2D eigenvalue weighted by atomic mass is 10.1. The van der Waals surface area contributed by atoms with Gasteiger partial charge in [0.1, 0.15) is 0 Å². The molecule has 0 radical (unpaired) electrons. The molecule has 3 aromatic rings. The van der Waals surface area contributed by atoms with Gasteiger partial charge in [-0.1, -0.05) is 36.4 Å². The molecule has 1 aliphatic rings. The van der Waals surface area contributed by atoms with Crippen molar-refractivity contribution in [1.29, 1.82) is 5.41 Å². The highest BCUT2D eigenvalue weighted by Gasteiger charge is 2.26. The highest BCUT2D eigenvalue weighted by Crippen LogP contribution is 2.28. The number of hydrogen-bond acceptors (Lipinski definition) is 6. The van der Waals surface area contributed by atoms with Crippen LogP contribution in [0.15, 0.2) is 65.6 Å². The molecule has 4 rings (SSSR count). The minimum absolute atomic E-state index is 0.122. The average molecular weight is 409 g/mol. The van der Waals surface area contributed by atoms with E-state index in [9.17, 15) is 8.42 Å². The molecule has 7 heteroatoms. The van der Waals surface area contributed by atoms with Crippen molar-refractivity contribution in [3.8, 4) is 0 Å². The van der Waals surface area contributed by atoms with E-state index in [1.807, 2.05) is 24.3 Å². The van der Waals surface area contributed by atoms with Crippen molar-refractivity contribution < 1.29 is 8.42 Å². The quantitative estimate of drug-likeness (QED) is 0.301. The van der Waals surface area contributed by atoms with E-state index in [1.54, 1.807) is 36.4 Å². The van der Waals surface area contributed by atoms with Crippen molar-refractivity contribution in [3.63, 3.8) is 0 Å². The van der Waals surface area contributed by atoms with Crippen LogP contribution in [0.5, 0.6) is 0 Å². The Balaban J connectivity index is 1.70. The predicted molar refractivity (Wildman–Crippen MR) is 118 cm³/mol. The topological polar surface area (TPSA) is 108 Å². The molecule has 0 atom stereocenters. The number of piperidine rings is 1. The van der Waals surface area contributed by atoms with Crippen LogP contribution in [0, 0.1) is 5.41 Å². The molecule has 0 unspecified atom stereocenters. The number of nitrogens with two attached hydrogens (primary N) is 1.